The minimum atomic E-state index is -0.306. The third-order valence-electron chi connectivity index (χ3n) is 5.22. The summed E-state index contributed by atoms with van der Waals surface area (Å²) in [7, 11) is 0. The Balaban J connectivity index is 1.79. The van der Waals surface area contributed by atoms with Crippen molar-refractivity contribution in [1.29, 1.82) is 0 Å². The molecule has 3 aliphatic carbocycles. The molecule has 0 saturated heterocycles. The zero-order chi connectivity index (χ0) is 11.9. The Hall–Kier alpha value is -1.54. The van der Waals surface area contributed by atoms with E-state index in [4.69, 9.17) is 4.42 Å². The molecule has 3 aliphatic rings. The van der Waals surface area contributed by atoms with E-state index in [0.29, 0.717) is 23.7 Å². The zero-order valence-corrected chi connectivity index (χ0v) is 9.91. The first-order valence-corrected chi connectivity index (χ1v) is 6.70. The molecule has 0 amide bonds. The van der Waals surface area contributed by atoms with E-state index in [-0.39, 0.29) is 6.10 Å². The van der Waals surface area contributed by atoms with Gasteiger partial charge in [-0.2, -0.15) is 0 Å². The van der Waals surface area contributed by atoms with Crippen molar-refractivity contribution in [3.8, 4) is 0 Å². The van der Waals surface area contributed by atoms with Crippen molar-refractivity contribution in [2.75, 3.05) is 0 Å². The van der Waals surface area contributed by atoms with Crippen molar-refractivity contribution in [2.45, 2.75) is 18.4 Å². The van der Waals surface area contributed by atoms with E-state index in [1.165, 1.54) is 12.0 Å². The van der Waals surface area contributed by atoms with E-state index in [9.17, 15) is 5.11 Å². The van der Waals surface area contributed by atoms with Gasteiger partial charge in [0.1, 0.15) is 5.58 Å². The number of hydrogen-bond donors (Lipinski definition) is 1. The molecule has 1 heterocycles. The molecule has 3 unspecified atom stereocenters. The van der Waals surface area contributed by atoms with E-state index >= 15 is 0 Å². The van der Waals surface area contributed by atoms with E-state index in [0.717, 1.165) is 16.5 Å². The lowest BCUT2D eigenvalue weighted by Gasteiger charge is -2.23. The molecule has 1 fully saturated rings. The monoisotopic (exact) mass is 238 g/mol. The minimum Gasteiger partial charge on any atom is -0.464 e. The molecule has 0 spiro atoms. The summed E-state index contributed by atoms with van der Waals surface area (Å²) in [5.41, 5.74) is 3.36. The van der Waals surface area contributed by atoms with E-state index in [1.54, 1.807) is 6.26 Å². The maximum Gasteiger partial charge on any atom is 0.134 e. The Morgan fingerprint density at radius 1 is 1.11 bits per heavy atom. The second-order valence-corrected chi connectivity index (χ2v) is 5.94. The van der Waals surface area contributed by atoms with Crippen LogP contribution < -0.4 is 0 Å². The smallest absolute Gasteiger partial charge is 0.134 e. The summed E-state index contributed by atoms with van der Waals surface area (Å²) in [4.78, 5) is 0. The van der Waals surface area contributed by atoms with Crippen LogP contribution in [-0.2, 0) is 0 Å². The van der Waals surface area contributed by atoms with Gasteiger partial charge in [0.05, 0.1) is 12.4 Å². The van der Waals surface area contributed by atoms with Gasteiger partial charge >= 0.3 is 0 Å². The van der Waals surface area contributed by atoms with E-state index < -0.39 is 0 Å². The number of benzene rings is 1. The zero-order valence-electron chi connectivity index (χ0n) is 9.91. The van der Waals surface area contributed by atoms with Gasteiger partial charge in [-0.25, -0.2) is 0 Å². The third-order valence-corrected chi connectivity index (χ3v) is 5.22. The van der Waals surface area contributed by atoms with Gasteiger partial charge in [-0.3, -0.25) is 0 Å². The maximum atomic E-state index is 10.6. The lowest BCUT2D eigenvalue weighted by Crippen LogP contribution is -2.16. The highest BCUT2D eigenvalue weighted by Gasteiger charge is 2.53. The molecule has 18 heavy (non-hydrogen) atoms. The van der Waals surface area contributed by atoms with Crippen molar-refractivity contribution in [2.24, 2.45) is 17.8 Å². The minimum absolute atomic E-state index is 0.306. The van der Waals surface area contributed by atoms with Gasteiger partial charge in [0, 0.05) is 11.3 Å². The van der Waals surface area contributed by atoms with Crippen molar-refractivity contribution >= 4 is 11.0 Å². The second kappa shape index (κ2) is 2.89. The molecule has 1 aromatic heterocycles. The first-order valence-electron chi connectivity index (χ1n) is 6.70. The number of fused-ring (bicyclic) bond motifs is 8. The van der Waals surface area contributed by atoms with Crippen LogP contribution in [0.25, 0.3) is 11.0 Å². The summed E-state index contributed by atoms with van der Waals surface area (Å²) >= 11 is 0. The van der Waals surface area contributed by atoms with E-state index in [1.807, 2.05) is 12.1 Å². The van der Waals surface area contributed by atoms with Crippen LogP contribution in [0, 0.1) is 17.8 Å². The Morgan fingerprint density at radius 3 is 2.94 bits per heavy atom. The van der Waals surface area contributed by atoms with Gasteiger partial charge in [0.2, 0.25) is 0 Å². The summed E-state index contributed by atoms with van der Waals surface area (Å²) in [6.45, 7) is 0. The molecule has 5 rings (SSSR count). The van der Waals surface area contributed by atoms with Crippen LogP contribution in [0.5, 0.6) is 0 Å². The molecular weight excluding hydrogens is 224 g/mol. The van der Waals surface area contributed by atoms with Crippen molar-refractivity contribution < 1.29 is 9.52 Å². The van der Waals surface area contributed by atoms with Crippen molar-refractivity contribution in [3.63, 3.8) is 0 Å². The molecule has 1 saturated carbocycles. The summed E-state index contributed by atoms with van der Waals surface area (Å²) in [6.07, 6.45) is 7.32. The number of rotatable bonds is 0. The van der Waals surface area contributed by atoms with Crippen LogP contribution in [-0.4, -0.2) is 5.11 Å². The summed E-state index contributed by atoms with van der Waals surface area (Å²) in [5, 5.41) is 11.8. The van der Waals surface area contributed by atoms with Crippen LogP contribution in [0.15, 0.2) is 41.0 Å². The number of furan rings is 1. The molecular formula is C16H14O2. The maximum absolute atomic E-state index is 10.6. The van der Waals surface area contributed by atoms with Crippen LogP contribution in [0.2, 0.25) is 0 Å². The SMILES string of the molecule is OC1c2cc3occc3cc2C2C1[C@H]1C=C[C@@H]2C1. The number of allylic oxidation sites excluding steroid dienone is 2. The van der Waals surface area contributed by atoms with Crippen LogP contribution >= 0.6 is 0 Å². The fraction of sp³-hybridized carbons (Fsp3) is 0.375. The molecule has 0 radical (unpaired) electrons. The molecule has 1 N–H and O–H groups in total. The Labute approximate surface area is 105 Å². The Morgan fingerprint density at radius 2 is 2.00 bits per heavy atom. The molecule has 90 valence electrons. The fourth-order valence-corrected chi connectivity index (χ4v) is 4.52. The molecule has 0 aliphatic heterocycles. The second-order valence-electron chi connectivity index (χ2n) is 5.94. The quantitative estimate of drug-likeness (QED) is 0.714. The third kappa shape index (κ3) is 0.917. The van der Waals surface area contributed by atoms with Crippen molar-refractivity contribution in [1.82, 2.24) is 0 Å². The van der Waals surface area contributed by atoms with Gasteiger partial charge in [-0.1, -0.05) is 12.2 Å². The molecule has 2 heteroatoms. The highest BCUT2D eigenvalue weighted by molar-refractivity contribution is 5.80. The van der Waals surface area contributed by atoms with Gasteiger partial charge in [-0.15, -0.1) is 0 Å². The predicted molar refractivity (Wildman–Crippen MR) is 68.1 cm³/mol. The predicted octanol–water partition coefficient (Wildman–Crippen LogP) is 3.39. The van der Waals surface area contributed by atoms with Crippen LogP contribution in [0.3, 0.4) is 0 Å². The standard InChI is InChI=1S/C16H14O2/c17-16-12-7-13-8(3-4-18-13)6-11(12)14-9-1-2-10(5-9)15(14)16/h1-4,6-7,9-10,14-17H,5H2/t9-,10+,14?,15?,16?/m1/s1. The lowest BCUT2D eigenvalue weighted by molar-refractivity contribution is 0.101. The summed E-state index contributed by atoms with van der Waals surface area (Å²) in [6, 6.07) is 6.29. The van der Waals surface area contributed by atoms with Crippen molar-refractivity contribution in [3.05, 3.63) is 47.7 Å². The number of hydrogen-bond acceptors (Lipinski definition) is 2. The molecule has 5 atom stereocenters. The molecule has 2 aromatic rings. The van der Waals surface area contributed by atoms with Gasteiger partial charge in [0.15, 0.2) is 0 Å². The summed E-state index contributed by atoms with van der Waals surface area (Å²) < 4.78 is 5.46. The van der Waals surface area contributed by atoms with Gasteiger partial charge in [0.25, 0.3) is 0 Å². The highest BCUT2D eigenvalue weighted by Crippen LogP contribution is 2.62. The van der Waals surface area contributed by atoms with Gasteiger partial charge < -0.3 is 9.52 Å². The first-order chi connectivity index (χ1) is 8.83. The molecule has 1 aromatic carbocycles. The summed E-state index contributed by atoms with van der Waals surface area (Å²) in [5.74, 6) is 2.15. The Bertz CT molecular complexity index is 681. The average molecular weight is 238 g/mol. The number of aliphatic hydroxyl groups excluding tert-OH is 1. The number of aliphatic hydroxyl groups is 1. The Kier molecular flexibility index (Phi) is 1.51. The average Bonchev–Trinajstić information content (AvgIpc) is 3.11. The molecule has 2 bridgehead atoms. The van der Waals surface area contributed by atoms with Gasteiger partial charge in [-0.05, 0) is 53.5 Å². The highest BCUT2D eigenvalue weighted by atomic mass is 16.3. The topological polar surface area (TPSA) is 33.4 Å². The van der Waals surface area contributed by atoms with Crippen LogP contribution in [0.4, 0.5) is 0 Å². The fourth-order valence-electron chi connectivity index (χ4n) is 4.52. The van der Waals surface area contributed by atoms with E-state index in [2.05, 4.69) is 18.2 Å². The molecule has 2 nitrogen and oxygen atoms in total. The van der Waals surface area contributed by atoms with Crippen LogP contribution in [0.1, 0.15) is 29.6 Å². The lowest BCUT2D eigenvalue weighted by atomic mass is 9.83. The first kappa shape index (κ1) is 9.40. The normalized spacial score (nSPS) is 39.5. The largest absolute Gasteiger partial charge is 0.464 e.